The van der Waals surface area contributed by atoms with Crippen LogP contribution in [0.5, 0.6) is 0 Å². The second-order valence-electron chi connectivity index (χ2n) is 4.49. The zero-order chi connectivity index (χ0) is 13.9. The van der Waals surface area contributed by atoms with Crippen molar-refractivity contribution in [2.24, 2.45) is 0 Å². The number of H-pyrrole nitrogens is 2. The third-order valence-corrected chi connectivity index (χ3v) is 3.13. The molecule has 0 aliphatic heterocycles. The molecule has 0 saturated carbocycles. The van der Waals surface area contributed by atoms with Crippen molar-refractivity contribution >= 4 is 16.7 Å². The van der Waals surface area contributed by atoms with Gasteiger partial charge in [0.1, 0.15) is 0 Å². The highest BCUT2D eigenvalue weighted by atomic mass is 16.1. The molecule has 0 aliphatic rings. The molecule has 0 atom stereocenters. The molecular formula is C15H13N3O2. The summed E-state index contributed by atoms with van der Waals surface area (Å²) in [5.74, 6) is -0.163. The van der Waals surface area contributed by atoms with Crippen molar-refractivity contribution in [3.63, 3.8) is 0 Å². The van der Waals surface area contributed by atoms with E-state index in [1.807, 2.05) is 36.4 Å². The summed E-state index contributed by atoms with van der Waals surface area (Å²) in [7, 11) is 0. The van der Waals surface area contributed by atoms with Crippen LogP contribution in [0.4, 0.5) is 0 Å². The van der Waals surface area contributed by atoms with E-state index in [1.165, 1.54) is 6.07 Å². The van der Waals surface area contributed by atoms with E-state index >= 15 is 0 Å². The number of aromatic amines is 2. The number of rotatable bonds is 3. The van der Waals surface area contributed by atoms with Gasteiger partial charge in [0, 0.05) is 11.6 Å². The normalized spacial score (nSPS) is 10.6. The Hall–Kier alpha value is -2.82. The quantitative estimate of drug-likeness (QED) is 0.676. The highest BCUT2D eigenvalue weighted by Crippen LogP contribution is 2.18. The zero-order valence-electron chi connectivity index (χ0n) is 10.6. The number of carbonyl (C=O) groups is 1. The fourth-order valence-corrected chi connectivity index (χ4v) is 2.16. The molecule has 0 spiro atoms. The van der Waals surface area contributed by atoms with Crippen molar-refractivity contribution < 1.29 is 4.79 Å². The number of carbonyl (C=O) groups excluding carboxylic acids is 1. The second kappa shape index (κ2) is 5.05. The van der Waals surface area contributed by atoms with E-state index in [2.05, 4.69) is 15.5 Å². The number of hydrogen-bond donors (Lipinski definition) is 3. The molecule has 3 rings (SSSR count). The maximum absolute atomic E-state index is 12.2. The summed E-state index contributed by atoms with van der Waals surface area (Å²) in [6, 6.07) is 14.8. The van der Waals surface area contributed by atoms with Crippen molar-refractivity contribution in [1.82, 2.24) is 15.5 Å². The molecule has 3 N–H and O–H groups in total. The molecule has 20 heavy (non-hydrogen) atoms. The van der Waals surface area contributed by atoms with Crippen LogP contribution in [0.1, 0.15) is 16.1 Å². The lowest BCUT2D eigenvalue weighted by atomic mass is 10.0. The highest BCUT2D eigenvalue weighted by molar-refractivity contribution is 6.06. The molecule has 0 fully saturated rings. The zero-order valence-corrected chi connectivity index (χ0v) is 10.6. The third-order valence-electron chi connectivity index (χ3n) is 3.13. The summed E-state index contributed by atoms with van der Waals surface area (Å²) >= 11 is 0. The first kappa shape index (κ1) is 12.2. The minimum Gasteiger partial charge on any atom is -0.346 e. The molecule has 5 heteroatoms. The monoisotopic (exact) mass is 267 g/mol. The summed E-state index contributed by atoms with van der Waals surface area (Å²) in [6.45, 7) is 0.279. The van der Waals surface area contributed by atoms with Crippen LogP contribution in [-0.2, 0) is 6.54 Å². The minimum absolute atomic E-state index is 0.163. The Morgan fingerprint density at radius 2 is 1.85 bits per heavy atom. The summed E-state index contributed by atoms with van der Waals surface area (Å²) < 4.78 is 0. The number of fused-ring (bicyclic) bond motifs is 1. The van der Waals surface area contributed by atoms with Gasteiger partial charge in [0.2, 0.25) is 0 Å². The number of hydrogen-bond acceptors (Lipinski definition) is 2. The van der Waals surface area contributed by atoms with Crippen LogP contribution < -0.4 is 10.9 Å². The predicted molar refractivity (Wildman–Crippen MR) is 76.5 cm³/mol. The Labute approximate surface area is 114 Å². The highest BCUT2D eigenvalue weighted by Gasteiger charge is 2.09. The van der Waals surface area contributed by atoms with Crippen LogP contribution in [0.25, 0.3) is 10.8 Å². The molecule has 0 radical (unpaired) electrons. The first-order chi connectivity index (χ1) is 9.74. The maximum atomic E-state index is 12.2. The van der Waals surface area contributed by atoms with Crippen molar-refractivity contribution in [3.8, 4) is 0 Å². The molecule has 1 amide bonds. The smallest absolute Gasteiger partial charge is 0.264 e. The van der Waals surface area contributed by atoms with E-state index < -0.39 is 0 Å². The summed E-state index contributed by atoms with van der Waals surface area (Å²) in [5.41, 5.74) is 1.06. The standard InChI is InChI=1S/C15H13N3O2/c19-14-8-11(17-18-14)9-16-15(20)13-7-3-5-10-4-1-2-6-12(10)13/h1-8H,9H2,(H,16,20)(H2,17,18,19). The number of aromatic nitrogens is 2. The molecule has 5 nitrogen and oxygen atoms in total. The van der Waals surface area contributed by atoms with Gasteiger partial charge in [-0.15, -0.1) is 0 Å². The van der Waals surface area contributed by atoms with Gasteiger partial charge < -0.3 is 10.4 Å². The SMILES string of the molecule is O=C(NCc1cc(=O)[nH][nH]1)c1cccc2ccccc12. The van der Waals surface area contributed by atoms with Gasteiger partial charge in [0.25, 0.3) is 11.5 Å². The minimum atomic E-state index is -0.209. The van der Waals surface area contributed by atoms with Crippen LogP contribution in [0, 0.1) is 0 Å². The lowest BCUT2D eigenvalue weighted by Crippen LogP contribution is -2.23. The number of benzene rings is 2. The van der Waals surface area contributed by atoms with Gasteiger partial charge in [0.05, 0.1) is 12.2 Å². The van der Waals surface area contributed by atoms with Gasteiger partial charge in [-0.05, 0) is 16.8 Å². The maximum Gasteiger partial charge on any atom is 0.264 e. The lowest BCUT2D eigenvalue weighted by Gasteiger charge is -2.07. The average molecular weight is 267 g/mol. The van der Waals surface area contributed by atoms with Gasteiger partial charge in [-0.1, -0.05) is 36.4 Å². The third kappa shape index (κ3) is 2.33. The molecule has 0 aliphatic carbocycles. The molecule has 100 valence electrons. The van der Waals surface area contributed by atoms with E-state index in [-0.39, 0.29) is 18.0 Å². The molecular weight excluding hydrogens is 254 g/mol. The lowest BCUT2D eigenvalue weighted by molar-refractivity contribution is 0.0952. The molecule has 0 bridgehead atoms. The van der Waals surface area contributed by atoms with Crippen LogP contribution >= 0.6 is 0 Å². The Bertz CT molecular complexity index is 812. The molecule has 1 aromatic heterocycles. The van der Waals surface area contributed by atoms with Gasteiger partial charge in [-0.25, -0.2) is 0 Å². The molecule has 3 aromatic rings. The Balaban J connectivity index is 1.84. The summed E-state index contributed by atoms with van der Waals surface area (Å²) in [4.78, 5) is 23.2. The van der Waals surface area contributed by atoms with E-state index in [0.717, 1.165) is 10.8 Å². The number of nitrogens with one attached hydrogen (secondary N) is 3. The molecule has 0 unspecified atom stereocenters. The Morgan fingerprint density at radius 1 is 1.05 bits per heavy atom. The fraction of sp³-hybridized carbons (Fsp3) is 0.0667. The van der Waals surface area contributed by atoms with Crippen molar-refractivity contribution in [1.29, 1.82) is 0 Å². The molecule has 1 heterocycles. The first-order valence-electron chi connectivity index (χ1n) is 6.26. The van der Waals surface area contributed by atoms with Gasteiger partial charge in [-0.2, -0.15) is 0 Å². The van der Waals surface area contributed by atoms with Crippen molar-refractivity contribution in [3.05, 3.63) is 70.1 Å². The average Bonchev–Trinajstić information content (AvgIpc) is 2.90. The van der Waals surface area contributed by atoms with E-state index in [4.69, 9.17) is 0 Å². The van der Waals surface area contributed by atoms with E-state index in [0.29, 0.717) is 11.3 Å². The van der Waals surface area contributed by atoms with E-state index in [9.17, 15) is 9.59 Å². The Morgan fingerprint density at radius 3 is 2.65 bits per heavy atom. The van der Waals surface area contributed by atoms with Crippen LogP contribution in [0.3, 0.4) is 0 Å². The van der Waals surface area contributed by atoms with Crippen LogP contribution in [-0.4, -0.2) is 16.1 Å². The second-order valence-corrected chi connectivity index (χ2v) is 4.49. The predicted octanol–water partition coefficient (Wildman–Crippen LogP) is 1.79. The Kier molecular flexibility index (Phi) is 3.09. The van der Waals surface area contributed by atoms with Crippen molar-refractivity contribution in [2.45, 2.75) is 6.54 Å². The molecule has 2 aromatic carbocycles. The van der Waals surface area contributed by atoms with Gasteiger partial charge in [-0.3, -0.25) is 14.7 Å². The van der Waals surface area contributed by atoms with Crippen LogP contribution in [0.15, 0.2) is 53.3 Å². The first-order valence-corrected chi connectivity index (χ1v) is 6.26. The number of amides is 1. The summed E-state index contributed by atoms with van der Waals surface area (Å²) in [6.07, 6.45) is 0. The van der Waals surface area contributed by atoms with E-state index in [1.54, 1.807) is 6.07 Å². The van der Waals surface area contributed by atoms with Gasteiger partial charge in [0.15, 0.2) is 0 Å². The van der Waals surface area contributed by atoms with Crippen molar-refractivity contribution in [2.75, 3.05) is 0 Å². The van der Waals surface area contributed by atoms with Crippen LogP contribution in [0.2, 0.25) is 0 Å². The topological polar surface area (TPSA) is 77.8 Å². The fourth-order valence-electron chi connectivity index (χ4n) is 2.16. The molecule has 0 saturated heterocycles. The summed E-state index contributed by atoms with van der Waals surface area (Å²) in [5, 5.41) is 9.85. The largest absolute Gasteiger partial charge is 0.346 e. The van der Waals surface area contributed by atoms with Gasteiger partial charge >= 0.3 is 0 Å².